The van der Waals surface area contributed by atoms with Crippen LogP contribution in [0.5, 0.6) is 0 Å². The van der Waals surface area contributed by atoms with Gasteiger partial charge in [-0.1, -0.05) is 0 Å². The number of hydrogen-bond acceptors (Lipinski definition) is 4. The molecule has 2 rings (SSSR count). The molecule has 18 heavy (non-hydrogen) atoms. The zero-order valence-electron chi connectivity index (χ0n) is 10.1. The van der Waals surface area contributed by atoms with Crippen molar-refractivity contribution in [2.75, 3.05) is 18.5 Å². The van der Waals surface area contributed by atoms with E-state index in [9.17, 15) is 9.59 Å². The van der Waals surface area contributed by atoms with Gasteiger partial charge in [0.2, 0.25) is 5.91 Å². The van der Waals surface area contributed by atoms with Gasteiger partial charge in [-0.15, -0.1) is 11.3 Å². The van der Waals surface area contributed by atoms with Gasteiger partial charge in [0.1, 0.15) is 5.00 Å². The molecule has 1 amide bonds. The monoisotopic (exact) mass is 269 g/mol. The number of amides is 1. The highest BCUT2D eigenvalue weighted by Gasteiger charge is 2.24. The summed E-state index contributed by atoms with van der Waals surface area (Å²) in [7, 11) is 0. The van der Waals surface area contributed by atoms with E-state index in [1.165, 1.54) is 11.3 Å². The van der Waals surface area contributed by atoms with Crippen LogP contribution in [0.2, 0.25) is 0 Å². The molecule has 1 saturated heterocycles. The minimum atomic E-state index is -1.02. The Morgan fingerprint density at radius 1 is 1.56 bits per heavy atom. The van der Waals surface area contributed by atoms with Crippen molar-refractivity contribution in [3.8, 4) is 0 Å². The van der Waals surface area contributed by atoms with Gasteiger partial charge in [-0.3, -0.25) is 4.79 Å². The number of nitrogens with one attached hydrogen (secondary N) is 1. The standard InChI is InChI=1S/C12H15NO4S/c1-7-5-9(12(15)16)11(18-7)13-10(14)8-3-2-4-17-6-8/h5,8H,2-4,6H2,1H3,(H,13,14)(H,15,16). The van der Waals surface area contributed by atoms with Crippen LogP contribution in [0.4, 0.5) is 5.00 Å². The number of aryl methyl sites for hydroxylation is 1. The first kappa shape index (κ1) is 13.0. The van der Waals surface area contributed by atoms with E-state index >= 15 is 0 Å². The lowest BCUT2D eigenvalue weighted by Crippen LogP contribution is -2.30. The van der Waals surface area contributed by atoms with Crippen molar-refractivity contribution >= 4 is 28.2 Å². The highest BCUT2D eigenvalue weighted by atomic mass is 32.1. The predicted molar refractivity (Wildman–Crippen MR) is 68.2 cm³/mol. The first-order valence-corrected chi connectivity index (χ1v) is 6.62. The van der Waals surface area contributed by atoms with Crippen LogP contribution in [-0.2, 0) is 9.53 Å². The minimum Gasteiger partial charge on any atom is -0.478 e. The summed E-state index contributed by atoms with van der Waals surface area (Å²) in [5, 5.41) is 12.1. The minimum absolute atomic E-state index is 0.154. The summed E-state index contributed by atoms with van der Waals surface area (Å²) >= 11 is 1.28. The van der Waals surface area contributed by atoms with Crippen LogP contribution in [0.1, 0.15) is 28.1 Å². The third kappa shape index (κ3) is 2.88. The van der Waals surface area contributed by atoms with E-state index in [1.54, 1.807) is 6.07 Å². The molecule has 2 heterocycles. The summed E-state index contributed by atoms with van der Waals surface area (Å²) in [6, 6.07) is 1.57. The largest absolute Gasteiger partial charge is 0.478 e. The van der Waals surface area contributed by atoms with Gasteiger partial charge in [-0.25, -0.2) is 4.79 Å². The molecule has 1 fully saturated rings. The fraction of sp³-hybridized carbons (Fsp3) is 0.500. The van der Waals surface area contributed by atoms with Gasteiger partial charge in [0.15, 0.2) is 0 Å². The van der Waals surface area contributed by atoms with Crippen molar-refractivity contribution in [1.82, 2.24) is 0 Å². The average Bonchev–Trinajstić information content (AvgIpc) is 2.71. The quantitative estimate of drug-likeness (QED) is 0.881. The Labute approximate surface area is 109 Å². The van der Waals surface area contributed by atoms with Crippen LogP contribution in [0.15, 0.2) is 6.07 Å². The molecule has 1 unspecified atom stereocenters. The van der Waals surface area contributed by atoms with Crippen molar-refractivity contribution in [2.45, 2.75) is 19.8 Å². The van der Waals surface area contributed by atoms with Gasteiger partial charge in [-0.2, -0.15) is 0 Å². The molecule has 1 aliphatic rings. The summed E-state index contributed by atoms with van der Waals surface area (Å²) in [4.78, 5) is 23.9. The number of carbonyl (C=O) groups excluding carboxylic acids is 1. The Balaban J connectivity index is 2.08. The van der Waals surface area contributed by atoms with Crippen molar-refractivity contribution < 1.29 is 19.4 Å². The van der Waals surface area contributed by atoms with E-state index < -0.39 is 5.97 Å². The van der Waals surface area contributed by atoms with Gasteiger partial charge in [0, 0.05) is 11.5 Å². The van der Waals surface area contributed by atoms with E-state index in [4.69, 9.17) is 9.84 Å². The molecule has 0 spiro atoms. The van der Waals surface area contributed by atoms with Gasteiger partial charge in [0.05, 0.1) is 18.1 Å². The summed E-state index contributed by atoms with van der Waals surface area (Å²) in [5.41, 5.74) is 0.155. The Bertz CT molecular complexity index is 463. The fourth-order valence-corrected chi connectivity index (χ4v) is 2.83. The molecule has 6 heteroatoms. The summed E-state index contributed by atoms with van der Waals surface area (Å²) in [6.07, 6.45) is 1.66. The van der Waals surface area contributed by atoms with Gasteiger partial charge in [-0.05, 0) is 25.8 Å². The summed E-state index contributed by atoms with van der Waals surface area (Å²) < 4.78 is 5.25. The maximum absolute atomic E-state index is 12.0. The number of aromatic carboxylic acids is 1. The molecule has 0 radical (unpaired) electrons. The SMILES string of the molecule is Cc1cc(C(=O)O)c(NC(=O)C2CCCOC2)s1. The predicted octanol–water partition coefficient (Wildman–Crippen LogP) is 2.12. The van der Waals surface area contributed by atoms with Gasteiger partial charge >= 0.3 is 5.97 Å². The molecule has 5 nitrogen and oxygen atoms in total. The Morgan fingerprint density at radius 2 is 2.33 bits per heavy atom. The normalized spacial score (nSPS) is 19.5. The molecule has 0 bridgehead atoms. The zero-order valence-corrected chi connectivity index (χ0v) is 10.9. The molecule has 1 aromatic heterocycles. The van der Waals surface area contributed by atoms with E-state index in [-0.39, 0.29) is 17.4 Å². The Hall–Kier alpha value is -1.40. The number of hydrogen-bond donors (Lipinski definition) is 2. The maximum atomic E-state index is 12.0. The van der Waals surface area contributed by atoms with Crippen LogP contribution < -0.4 is 5.32 Å². The fourth-order valence-electron chi connectivity index (χ4n) is 1.93. The van der Waals surface area contributed by atoms with E-state index in [1.807, 2.05) is 6.92 Å². The zero-order chi connectivity index (χ0) is 13.1. The molecule has 0 aliphatic carbocycles. The van der Waals surface area contributed by atoms with Gasteiger partial charge in [0.25, 0.3) is 0 Å². The molecule has 0 aromatic carbocycles. The Morgan fingerprint density at radius 3 is 2.94 bits per heavy atom. The highest BCUT2D eigenvalue weighted by molar-refractivity contribution is 7.16. The van der Waals surface area contributed by atoms with Crippen LogP contribution in [0.25, 0.3) is 0 Å². The van der Waals surface area contributed by atoms with E-state index in [0.717, 1.165) is 17.7 Å². The highest BCUT2D eigenvalue weighted by Crippen LogP contribution is 2.28. The second-order valence-electron chi connectivity index (χ2n) is 4.31. The van der Waals surface area contributed by atoms with Crippen molar-refractivity contribution in [2.24, 2.45) is 5.92 Å². The number of rotatable bonds is 3. The van der Waals surface area contributed by atoms with Crippen molar-refractivity contribution in [1.29, 1.82) is 0 Å². The van der Waals surface area contributed by atoms with Crippen molar-refractivity contribution in [3.63, 3.8) is 0 Å². The van der Waals surface area contributed by atoms with Gasteiger partial charge < -0.3 is 15.2 Å². The molecule has 98 valence electrons. The van der Waals surface area contributed by atoms with E-state index in [0.29, 0.717) is 18.2 Å². The molecule has 1 aliphatic heterocycles. The molecule has 0 saturated carbocycles. The first-order chi connectivity index (χ1) is 8.58. The smallest absolute Gasteiger partial charge is 0.338 e. The summed E-state index contributed by atoms with van der Waals surface area (Å²) in [6.45, 7) is 2.93. The third-order valence-corrected chi connectivity index (χ3v) is 3.82. The molecule has 2 N–H and O–H groups in total. The van der Waals surface area contributed by atoms with Crippen LogP contribution in [-0.4, -0.2) is 30.2 Å². The number of carbonyl (C=O) groups is 2. The lowest BCUT2D eigenvalue weighted by Gasteiger charge is -2.20. The number of ether oxygens (including phenoxy) is 1. The van der Waals surface area contributed by atoms with Crippen molar-refractivity contribution in [3.05, 3.63) is 16.5 Å². The molecule has 1 atom stereocenters. The maximum Gasteiger partial charge on any atom is 0.338 e. The second-order valence-corrected chi connectivity index (χ2v) is 5.56. The lowest BCUT2D eigenvalue weighted by molar-refractivity contribution is -0.123. The van der Waals surface area contributed by atoms with Crippen LogP contribution in [0.3, 0.4) is 0 Å². The molecule has 1 aromatic rings. The Kier molecular flexibility index (Phi) is 3.98. The average molecular weight is 269 g/mol. The topological polar surface area (TPSA) is 75.6 Å². The third-order valence-electron chi connectivity index (χ3n) is 2.85. The number of thiophene rings is 1. The van der Waals surface area contributed by atoms with Crippen LogP contribution >= 0.6 is 11.3 Å². The number of carboxylic acid groups (broad SMARTS) is 1. The molecular formula is C12H15NO4S. The second kappa shape index (κ2) is 5.49. The molecular weight excluding hydrogens is 254 g/mol. The number of carboxylic acids is 1. The number of anilines is 1. The summed E-state index contributed by atoms with van der Waals surface area (Å²) in [5.74, 6) is -1.35. The first-order valence-electron chi connectivity index (χ1n) is 5.80. The van der Waals surface area contributed by atoms with Crippen LogP contribution in [0, 0.1) is 12.8 Å². The lowest BCUT2D eigenvalue weighted by atomic mass is 10.0. The van der Waals surface area contributed by atoms with E-state index in [2.05, 4.69) is 5.32 Å².